The Kier molecular flexibility index (Phi) is 2.96. The number of morpholine rings is 1. The Labute approximate surface area is 87.1 Å². The van der Waals surface area contributed by atoms with Gasteiger partial charge in [-0.25, -0.2) is 0 Å². The Balaban J connectivity index is 2.11. The van der Waals surface area contributed by atoms with Gasteiger partial charge in [0.05, 0.1) is 19.3 Å². The number of ketones is 1. The monoisotopic (exact) mass is 211 g/mol. The molecule has 0 bridgehead atoms. The Morgan fingerprint density at radius 3 is 3.14 bits per heavy atom. The van der Waals surface area contributed by atoms with Crippen molar-refractivity contribution in [2.24, 2.45) is 0 Å². The summed E-state index contributed by atoms with van der Waals surface area (Å²) < 4.78 is 5.26. The summed E-state index contributed by atoms with van der Waals surface area (Å²) in [7, 11) is 0. The molecule has 0 saturated carbocycles. The molecule has 0 aromatic carbocycles. The van der Waals surface area contributed by atoms with Gasteiger partial charge in [0.1, 0.15) is 0 Å². The van der Waals surface area contributed by atoms with Crippen molar-refractivity contribution in [1.82, 2.24) is 5.32 Å². The minimum absolute atomic E-state index is 0.156. The van der Waals surface area contributed by atoms with Gasteiger partial charge in [-0.15, -0.1) is 11.3 Å². The zero-order valence-corrected chi connectivity index (χ0v) is 8.89. The van der Waals surface area contributed by atoms with Crippen LogP contribution < -0.4 is 5.32 Å². The zero-order chi connectivity index (χ0) is 9.97. The highest BCUT2D eigenvalue weighted by atomic mass is 32.1. The normalized spacial score (nSPS) is 22.2. The molecule has 1 atom stereocenters. The predicted octanol–water partition coefficient (Wildman–Crippen LogP) is 1.23. The van der Waals surface area contributed by atoms with E-state index < -0.39 is 0 Å². The first-order chi connectivity index (χ1) is 6.79. The Bertz CT molecular complexity index is 329. The second kappa shape index (κ2) is 4.21. The lowest BCUT2D eigenvalue weighted by Gasteiger charge is -2.22. The molecule has 4 heteroatoms. The van der Waals surface area contributed by atoms with Crippen molar-refractivity contribution in [2.45, 2.75) is 13.0 Å². The zero-order valence-electron chi connectivity index (χ0n) is 8.08. The number of nitrogens with one attached hydrogen (secondary N) is 1. The molecular weight excluding hydrogens is 198 g/mol. The quantitative estimate of drug-likeness (QED) is 0.748. The van der Waals surface area contributed by atoms with E-state index in [4.69, 9.17) is 4.74 Å². The third-order valence-corrected chi connectivity index (χ3v) is 3.21. The lowest BCUT2D eigenvalue weighted by atomic mass is 10.1. The van der Waals surface area contributed by atoms with E-state index in [2.05, 4.69) is 5.32 Å². The summed E-state index contributed by atoms with van der Waals surface area (Å²) in [5.74, 6) is 0.156. The first-order valence-corrected chi connectivity index (χ1v) is 5.56. The highest BCUT2D eigenvalue weighted by Gasteiger charge is 2.23. The molecule has 2 rings (SSSR count). The molecule has 1 fully saturated rings. The van der Waals surface area contributed by atoms with E-state index in [1.165, 1.54) is 0 Å². The van der Waals surface area contributed by atoms with E-state index in [0.29, 0.717) is 13.2 Å². The third kappa shape index (κ3) is 1.87. The number of carbonyl (C=O) groups is 1. The summed E-state index contributed by atoms with van der Waals surface area (Å²) >= 11 is 1.61. The fourth-order valence-electron chi connectivity index (χ4n) is 1.56. The molecule has 0 spiro atoms. The number of hydrogen-bond donors (Lipinski definition) is 1. The maximum atomic E-state index is 11.9. The van der Waals surface area contributed by atoms with E-state index in [9.17, 15) is 4.79 Å². The van der Waals surface area contributed by atoms with Gasteiger partial charge in [0.15, 0.2) is 5.78 Å². The number of hydrogen-bond acceptors (Lipinski definition) is 4. The molecular formula is C10H13NO2S. The van der Waals surface area contributed by atoms with Gasteiger partial charge in [0, 0.05) is 17.0 Å². The van der Waals surface area contributed by atoms with Crippen molar-refractivity contribution in [3.63, 3.8) is 0 Å². The standard InChI is InChI=1S/C10H13NO2S/c1-7-8(2-5-14-7)10(12)9-6-13-4-3-11-9/h2,5,9,11H,3-4,6H2,1H3. The summed E-state index contributed by atoms with van der Waals surface area (Å²) in [5, 5.41) is 5.12. The highest BCUT2D eigenvalue weighted by Crippen LogP contribution is 2.17. The second-order valence-corrected chi connectivity index (χ2v) is 4.46. The summed E-state index contributed by atoms with van der Waals surface area (Å²) in [4.78, 5) is 13.0. The minimum atomic E-state index is -0.156. The summed E-state index contributed by atoms with van der Waals surface area (Å²) in [6.45, 7) is 3.93. The molecule has 0 amide bonds. The van der Waals surface area contributed by atoms with E-state index in [1.54, 1.807) is 11.3 Å². The molecule has 1 aromatic rings. The van der Waals surface area contributed by atoms with Gasteiger partial charge in [0.2, 0.25) is 0 Å². The number of Topliss-reactive ketones (excluding diaryl/α,β-unsaturated/α-hetero) is 1. The van der Waals surface area contributed by atoms with E-state index in [0.717, 1.165) is 17.0 Å². The van der Waals surface area contributed by atoms with Gasteiger partial charge >= 0.3 is 0 Å². The van der Waals surface area contributed by atoms with Crippen LogP contribution in [0, 0.1) is 6.92 Å². The molecule has 0 aliphatic carbocycles. The van der Waals surface area contributed by atoms with Crippen molar-refractivity contribution in [3.8, 4) is 0 Å². The van der Waals surface area contributed by atoms with Crippen molar-refractivity contribution in [3.05, 3.63) is 21.9 Å². The maximum absolute atomic E-state index is 11.9. The Morgan fingerprint density at radius 1 is 1.71 bits per heavy atom. The first kappa shape index (κ1) is 9.83. The molecule has 1 aromatic heterocycles. The number of carbonyl (C=O) groups excluding carboxylic acids is 1. The van der Waals surface area contributed by atoms with Crippen LogP contribution in [-0.4, -0.2) is 31.6 Å². The topological polar surface area (TPSA) is 38.3 Å². The highest BCUT2D eigenvalue weighted by molar-refractivity contribution is 7.10. The van der Waals surface area contributed by atoms with Crippen LogP contribution in [0.5, 0.6) is 0 Å². The van der Waals surface area contributed by atoms with Crippen LogP contribution >= 0.6 is 11.3 Å². The molecule has 1 aliphatic heterocycles. The van der Waals surface area contributed by atoms with E-state index in [-0.39, 0.29) is 11.8 Å². The van der Waals surface area contributed by atoms with Crippen LogP contribution in [-0.2, 0) is 4.74 Å². The largest absolute Gasteiger partial charge is 0.378 e. The van der Waals surface area contributed by atoms with Crippen molar-refractivity contribution < 1.29 is 9.53 Å². The molecule has 1 unspecified atom stereocenters. The van der Waals surface area contributed by atoms with Crippen molar-refractivity contribution >= 4 is 17.1 Å². The third-order valence-electron chi connectivity index (χ3n) is 2.36. The van der Waals surface area contributed by atoms with Crippen molar-refractivity contribution in [1.29, 1.82) is 0 Å². The van der Waals surface area contributed by atoms with Crippen LogP contribution in [0.25, 0.3) is 0 Å². The van der Waals surface area contributed by atoms with Crippen LogP contribution in [0.2, 0.25) is 0 Å². The molecule has 1 N–H and O–H groups in total. The van der Waals surface area contributed by atoms with Crippen molar-refractivity contribution in [2.75, 3.05) is 19.8 Å². The number of aryl methyl sites for hydroxylation is 1. The lowest BCUT2D eigenvalue weighted by Crippen LogP contribution is -2.46. The molecule has 1 aliphatic rings. The molecule has 0 radical (unpaired) electrons. The summed E-state index contributed by atoms with van der Waals surface area (Å²) in [6, 6.07) is 1.73. The smallest absolute Gasteiger partial charge is 0.183 e. The number of ether oxygens (including phenoxy) is 1. The van der Waals surface area contributed by atoms with Gasteiger partial charge in [0.25, 0.3) is 0 Å². The molecule has 2 heterocycles. The molecule has 76 valence electrons. The second-order valence-electron chi connectivity index (χ2n) is 3.34. The van der Waals surface area contributed by atoms with Gasteiger partial charge in [-0.1, -0.05) is 0 Å². The number of rotatable bonds is 2. The van der Waals surface area contributed by atoms with E-state index >= 15 is 0 Å². The van der Waals surface area contributed by atoms with Gasteiger partial charge in [-0.05, 0) is 18.4 Å². The van der Waals surface area contributed by atoms with Crippen LogP contribution in [0.15, 0.2) is 11.4 Å². The fraction of sp³-hybridized carbons (Fsp3) is 0.500. The lowest BCUT2D eigenvalue weighted by molar-refractivity contribution is 0.0607. The molecule has 1 saturated heterocycles. The SMILES string of the molecule is Cc1sccc1C(=O)C1COCCN1. The van der Waals surface area contributed by atoms with Crippen LogP contribution in [0.1, 0.15) is 15.2 Å². The molecule has 14 heavy (non-hydrogen) atoms. The molecule has 3 nitrogen and oxygen atoms in total. The van der Waals surface area contributed by atoms with E-state index in [1.807, 2.05) is 18.4 Å². The Hall–Kier alpha value is -0.710. The summed E-state index contributed by atoms with van der Waals surface area (Å²) in [5.41, 5.74) is 0.831. The maximum Gasteiger partial charge on any atom is 0.183 e. The van der Waals surface area contributed by atoms with Crippen LogP contribution in [0.3, 0.4) is 0 Å². The average molecular weight is 211 g/mol. The minimum Gasteiger partial charge on any atom is -0.378 e. The predicted molar refractivity (Wildman–Crippen MR) is 56.0 cm³/mol. The average Bonchev–Trinajstić information content (AvgIpc) is 2.65. The van der Waals surface area contributed by atoms with Gasteiger partial charge in [-0.2, -0.15) is 0 Å². The summed E-state index contributed by atoms with van der Waals surface area (Å²) in [6.07, 6.45) is 0. The van der Waals surface area contributed by atoms with Gasteiger partial charge < -0.3 is 10.1 Å². The fourth-order valence-corrected chi connectivity index (χ4v) is 2.27. The first-order valence-electron chi connectivity index (χ1n) is 4.68. The Morgan fingerprint density at radius 2 is 2.57 bits per heavy atom. The van der Waals surface area contributed by atoms with Crippen LogP contribution in [0.4, 0.5) is 0 Å². The number of thiophene rings is 1. The van der Waals surface area contributed by atoms with Gasteiger partial charge in [-0.3, -0.25) is 4.79 Å².